The van der Waals surface area contributed by atoms with Gasteiger partial charge in [0.2, 0.25) is 23.6 Å². The van der Waals surface area contributed by atoms with Crippen LogP contribution in [0.3, 0.4) is 0 Å². The Hall–Kier alpha value is -8.64. The largest absolute Gasteiger partial charge is 0.492 e. The van der Waals surface area contributed by atoms with Gasteiger partial charge in [-0.3, -0.25) is 48.7 Å². The lowest BCUT2D eigenvalue weighted by molar-refractivity contribution is -0.137. The molecule has 2 aromatic heterocycles. The van der Waals surface area contributed by atoms with E-state index in [0.29, 0.717) is 67.2 Å². The Morgan fingerprint density at radius 2 is 1.54 bits per heavy atom. The Balaban J connectivity index is 0.785. The van der Waals surface area contributed by atoms with E-state index in [2.05, 4.69) is 20.5 Å². The number of hydrogen-bond donors (Lipinski definition) is 4. The van der Waals surface area contributed by atoms with Crippen LogP contribution in [0.2, 0.25) is 0 Å². The summed E-state index contributed by atoms with van der Waals surface area (Å²) >= 11 is 8.10. The number of thiophene rings is 1. The van der Waals surface area contributed by atoms with Crippen molar-refractivity contribution < 1.29 is 57.4 Å². The van der Waals surface area contributed by atoms with Gasteiger partial charge in [-0.05, 0) is 122 Å². The van der Waals surface area contributed by atoms with Gasteiger partial charge < -0.3 is 49.8 Å². The lowest BCUT2D eigenvalue weighted by Gasteiger charge is -2.33. The Labute approximate surface area is 557 Å². The maximum absolute atomic E-state index is 14.5. The number of nitrogens with one attached hydrogen (secondary N) is 3. The number of anilines is 2. The highest BCUT2D eigenvalue weighted by atomic mass is 35.5. The van der Waals surface area contributed by atoms with Crippen molar-refractivity contribution in [3.8, 4) is 11.5 Å². The molecule has 3 atom stereocenters. The highest BCUT2D eigenvalue weighted by Crippen LogP contribution is 2.49. The molecule has 9 rings (SSSR count). The van der Waals surface area contributed by atoms with Crippen LogP contribution in [-0.2, 0) is 46.5 Å². The zero-order valence-corrected chi connectivity index (χ0v) is 56.1. The average molecular weight is 1330 g/mol. The summed E-state index contributed by atoms with van der Waals surface area (Å²) in [6.45, 7) is 13.5. The number of nitrogens with two attached hydrogens (primary N) is 1. The van der Waals surface area contributed by atoms with Gasteiger partial charge in [0, 0.05) is 117 Å². The summed E-state index contributed by atoms with van der Waals surface area (Å²) in [5.41, 5.74) is 11.0. The van der Waals surface area contributed by atoms with Crippen LogP contribution >= 0.6 is 22.9 Å². The first-order valence-corrected chi connectivity index (χ1v) is 33.4. The molecule has 9 amide bonds. The first kappa shape index (κ1) is 69.7. The summed E-state index contributed by atoms with van der Waals surface area (Å²) in [5, 5.41) is 8.88. The second-order valence-electron chi connectivity index (χ2n) is 25.8. The summed E-state index contributed by atoms with van der Waals surface area (Å²) in [7, 11) is 3.22. The molecule has 0 saturated carbocycles. The number of rotatable bonds is 29. The van der Waals surface area contributed by atoms with Crippen molar-refractivity contribution >= 4 is 109 Å². The maximum Gasteiger partial charge on any atom is 0.415 e. The van der Waals surface area contributed by atoms with E-state index in [-0.39, 0.29) is 74.5 Å². The van der Waals surface area contributed by atoms with Crippen molar-refractivity contribution in [2.45, 2.75) is 111 Å². The molecule has 94 heavy (non-hydrogen) atoms. The predicted octanol–water partition coefficient (Wildman–Crippen LogP) is 9.44. The first-order valence-electron chi connectivity index (χ1n) is 32.0. The number of H-pyrrole nitrogens is 1. The van der Waals surface area contributed by atoms with Crippen molar-refractivity contribution in [2.75, 3.05) is 88.7 Å². The van der Waals surface area contributed by atoms with E-state index in [1.807, 2.05) is 70.3 Å². The fraction of sp³-hybridized carbons (Fsp3) is 0.443. The molecule has 0 aliphatic carbocycles. The van der Waals surface area contributed by atoms with Crippen molar-refractivity contribution in [3.63, 3.8) is 0 Å². The van der Waals surface area contributed by atoms with Crippen LogP contribution in [0, 0.1) is 18.3 Å². The molecule has 1 fully saturated rings. The predicted molar refractivity (Wildman–Crippen MR) is 362 cm³/mol. The number of hydrogen-bond acceptors (Lipinski definition) is 15. The molecule has 0 spiro atoms. The van der Waals surface area contributed by atoms with Crippen LogP contribution < -0.4 is 35.6 Å². The number of nitrogens with zero attached hydrogens (tertiary/aromatic N) is 6. The fourth-order valence-corrected chi connectivity index (χ4v) is 13.7. The average Bonchev–Trinajstić information content (AvgIpc) is 1.57. The van der Waals surface area contributed by atoms with E-state index in [4.69, 9.17) is 31.5 Å². The van der Waals surface area contributed by atoms with Gasteiger partial charge >= 0.3 is 12.2 Å². The highest BCUT2D eigenvalue weighted by molar-refractivity contribution is 7.17. The quantitative estimate of drug-likeness (QED) is 0.0194. The maximum atomic E-state index is 14.5. The Kier molecular flexibility index (Phi) is 23.4. The van der Waals surface area contributed by atoms with Gasteiger partial charge in [0.1, 0.15) is 37.2 Å². The van der Waals surface area contributed by atoms with Crippen molar-refractivity contribution in [3.05, 3.63) is 130 Å². The molecular formula is C70H85ClN10O12S. The number of imide groups is 2. The summed E-state index contributed by atoms with van der Waals surface area (Å²) in [6.07, 6.45) is 5.49. The molecule has 22 nitrogen and oxygen atoms in total. The number of alkyl halides is 1. The minimum atomic E-state index is -1.15. The number of ether oxygens (including phenoxy) is 3. The van der Waals surface area contributed by atoms with Crippen molar-refractivity contribution in [1.29, 1.82) is 0 Å². The summed E-state index contributed by atoms with van der Waals surface area (Å²) in [6, 6.07) is 22.6. The second-order valence-corrected chi connectivity index (χ2v) is 27.0. The third-order valence-corrected chi connectivity index (χ3v) is 18.5. The number of likely N-dealkylation sites (tertiary alicyclic amines) is 1. The van der Waals surface area contributed by atoms with E-state index >= 15 is 0 Å². The van der Waals surface area contributed by atoms with E-state index in [9.17, 15) is 43.2 Å². The molecular weight excluding hydrogens is 1240 g/mol. The molecule has 4 aromatic carbocycles. The number of benzene rings is 4. The Morgan fingerprint density at radius 3 is 2.23 bits per heavy atom. The van der Waals surface area contributed by atoms with E-state index in [0.717, 1.165) is 68.0 Å². The number of amides is 9. The number of aryl methyl sites for hydroxylation is 1. The zero-order chi connectivity index (χ0) is 67.4. The third kappa shape index (κ3) is 17.8. The smallest absolute Gasteiger partial charge is 0.415 e. The van der Waals surface area contributed by atoms with Gasteiger partial charge in [-0.1, -0.05) is 76.6 Å². The van der Waals surface area contributed by atoms with Gasteiger partial charge in [0.15, 0.2) is 5.75 Å². The summed E-state index contributed by atoms with van der Waals surface area (Å²) in [5.74, 6) is -2.41. The number of aromatic amines is 1. The third-order valence-electron chi connectivity index (χ3n) is 17.0. The molecule has 5 N–H and O–H groups in total. The molecule has 0 radical (unpaired) electrons. The summed E-state index contributed by atoms with van der Waals surface area (Å²) in [4.78, 5) is 133. The molecule has 24 heteroatoms. The second kappa shape index (κ2) is 31.5. The molecule has 3 aliphatic heterocycles. The lowest BCUT2D eigenvalue weighted by atomic mass is 9.92. The van der Waals surface area contributed by atoms with Crippen molar-refractivity contribution in [1.82, 2.24) is 35.2 Å². The molecule has 1 saturated heterocycles. The number of aromatic nitrogens is 1. The van der Waals surface area contributed by atoms with Gasteiger partial charge in [0.25, 0.3) is 17.7 Å². The highest BCUT2D eigenvalue weighted by Gasteiger charge is 2.38. The lowest BCUT2D eigenvalue weighted by Crippen LogP contribution is -2.53. The topological polar surface area (TPSA) is 267 Å². The normalized spacial score (nSPS) is 15.4. The van der Waals surface area contributed by atoms with Crippen molar-refractivity contribution in [2.24, 2.45) is 17.1 Å². The van der Waals surface area contributed by atoms with E-state index < -0.39 is 59.9 Å². The van der Waals surface area contributed by atoms with Gasteiger partial charge in [0.05, 0.1) is 16.4 Å². The first-order chi connectivity index (χ1) is 44.9. The SMILES string of the molecule is Cc1csc2c(OC(=O)N(C)CC(C)(C)CN(C)C(=O)OCc3ccc(N(CC(=O)NC(=O)[C@H](Cc4ccccc4)NC(=O)CCCCCN4C(=O)C=CC4=O)C(=O)[C@@H](N)CC(C)C)cc3)cc3c(c12)[C@H](CCl)CN3C(=O)c1cc2cc(OCCN3CCCC3)ccc2[nH]1. The number of halogens is 1. The standard InChI is InChI=1S/C70H85ClN10O12S/c1-44(2)32-52(72)66(87)80(39-59(83)75-65(86)54(33-46-16-10-8-11-17-46)74-58(82)18-12-9-13-29-79-60(84)25-26-61(79)85)50-21-19-47(20-22-50)40-92-68(89)76(6)42-70(4,5)43-77(7)69(90)93-57-36-56-63(62-45(3)41-94-64(57)62)49(37-71)38-81(56)67(88)55-35-48-34-51(23-24-53(48)73-55)91-31-30-78-27-14-15-28-78/h8,10-11,16-17,19-26,34-36,41,44,49,52,54,73H,9,12-15,18,27-33,37-40,42-43,72H2,1-7H3,(H,74,82)(H,75,83,86)/t49-,52+,54+/m1/s1. The van der Waals surface area contributed by atoms with E-state index in [1.54, 1.807) is 73.6 Å². The molecule has 5 heterocycles. The van der Waals surface area contributed by atoms with Gasteiger partial charge in [-0.25, -0.2) is 9.59 Å². The number of carbonyl (C=O) groups is 9. The van der Waals surface area contributed by atoms with Crippen LogP contribution in [0.1, 0.15) is 111 Å². The molecule has 0 unspecified atom stereocenters. The van der Waals surface area contributed by atoms with Crippen LogP contribution in [0.25, 0.3) is 21.0 Å². The number of carbonyl (C=O) groups excluding carboxylic acids is 9. The van der Waals surface area contributed by atoms with Gasteiger partial charge in [-0.2, -0.15) is 0 Å². The van der Waals surface area contributed by atoms with Crippen LogP contribution in [0.5, 0.6) is 11.5 Å². The minimum Gasteiger partial charge on any atom is -0.492 e. The molecule has 0 bridgehead atoms. The summed E-state index contributed by atoms with van der Waals surface area (Å²) < 4.78 is 18.8. The molecule has 3 aliphatic rings. The Morgan fingerprint density at radius 1 is 0.840 bits per heavy atom. The minimum absolute atomic E-state index is 0.0390. The zero-order valence-electron chi connectivity index (χ0n) is 54.5. The van der Waals surface area contributed by atoms with E-state index in [1.165, 1.54) is 51.0 Å². The fourth-order valence-electron chi connectivity index (χ4n) is 12.4. The van der Waals surface area contributed by atoms with Crippen LogP contribution in [0.4, 0.5) is 21.0 Å². The Bertz CT molecular complexity index is 3770. The monoisotopic (exact) mass is 1320 g/mol. The molecule has 500 valence electrons. The number of unbranched alkanes of at least 4 members (excludes halogenated alkanes) is 2. The van der Waals surface area contributed by atoms with Crippen LogP contribution in [0.15, 0.2) is 102 Å². The van der Waals surface area contributed by atoms with Gasteiger partial charge in [-0.15, -0.1) is 22.9 Å². The molecule has 6 aromatic rings. The number of fused-ring (bicyclic) bond motifs is 4. The van der Waals surface area contributed by atoms with Crippen LogP contribution in [-0.4, -0.2) is 169 Å².